The van der Waals surface area contributed by atoms with Crippen molar-refractivity contribution in [2.24, 2.45) is 10.1 Å². The maximum Gasteiger partial charge on any atom is 0.325 e. The monoisotopic (exact) mass is 379 g/mol. The van der Waals surface area contributed by atoms with Gasteiger partial charge in [-0.25, -0.2) is 18.5 Å². The molecule has 5 N–H and O–H groups in total. The highest BCUT2D eigenvalue weighted by Gasteiger charge is 2.42. The van der Waals surface area contributed by atoms with Gasteiger partial charge >= 0.3 is 5.12 Å². The molecule has 0 aliphatic carbocycles. The molecular formula is C17H25N5O3S. The maximum absolute atomic E-state index is 12.2. The van der Waals surface area contributed by atoms with Crippen molar-refractivity contribution >= 4 is 21.9 Å². The summed E-state index contributed by atoms with van der Waals surface area (Å²) >= 11 is 0. The lowest BCUT2D eigenvalue weighted by molar-refractivity contribution is 0.411. The number of hydrogen-bond acceptors (Lipinski definition) is 7. The quantitative estimate of drug-likeness (QED) is 0.607. The van der Waals surface area contributed by atoms with E-state index in [1.807, 2.05) is 18.2 Å². The number of nitrogens with one attached hydrogen (secondary N) is 3. The number of hydrogen-bond donors (Lipinski definition) is 4. The largest absolute Gasteiger partial charge is 0.495 e. The van der Waals surface area contributed by atoms with Gasteiger partial charge in [0.1, 0.15) is 5.75 Å². The number of ether oxygens (including phenoxy) is 1. The number of allylic oxidation sites excluding steroid dienone is 1. The van der Waals surface area contributed by atoms with E-state index in [1.54, 1.807) is 20.2 Å². The Morgan fingerprint density at radius 3 is 2.65 bits per heavy atom. The van der Waals surface area contributed by atoms with E-state index >= 15 is 0 Å². The zero-order valence-corrected chi connectivity index (χ0v) is 15.8. The van der Waals surface area contributed by atoms with Gasteiger partial charge in [0, 0.05) is 12.4 Å². The number of anilines is 1. The third-order valence-corrected chi connectivity index (χ3v) is 5.85. The van der Waals surface area contributed by atoms with Crippen LogP contribution < -0.4 is 25.8 Å². The third-order valence-electron chi connectivity index (χ3n) is 4.70. The Kier molecular flexibility index (Phi) is 5.22. The molecule has 9 heteroatoms. The van der Waals surface area contributed by atoms with Gasteiger partial charge in [-0.3, -0.25) is 0 Å². The van der Waals surface area contributed by atoms with E-state index in [0.717, 1.165) is 31.5 Å². The fourth-order valence-electron chi connectivity index (χ4n) is 3.18. The van der Waals surface area contributed by atoms with E-state index in [4.69, 9.17) is 9.88 Å². The lowest BCUT2D eigenvalue weighted by Gasteiger charge is -2.32. The highest BCUT2D eigenvalue weighted by atomic mass is 32.2. The van der Waals surface area contributed by atoms with Crippen molar-refractivity contribution in [2.45, 2.75) is 30.8 Å². The number of aliphatic imine (C=N–C) groups is 1. The number of methoxy groups -OCH3 is 1. The number of rotatable bonds is 5. The van der Waals surface area contributed by atoms with Crippen molar-refractivity contribution in [3.63, 3.8) is 0 Å². The van der Waals surface area contributed by atoms with Crippen LogP contribution in [0.3, 0.4) is 0 Å². The summed E-state index contributed by atoms with van der Waals surface area (Å²) in [6, 6.07) is 5.75. The van der Waals surface area contributed by atoms with Gasteiger partial charge < -0.3 is 20.7 Å². The van der Waals surface area contributed by atoms with Crippen molar-refractivity contribution in [3.8, 4) is 5.75 Å². The SMILES string of the molecule is COc1cc(C2CCNCC2)ccc1NC1(S(N)(=O)=O)N=CC(C)=CN1. The van der Waals surface area contributed by atoms with Crippen molar-refractivity contribution in [3.05, 3.63) is 35.5 Å². The van der Waals surface area contributed by atoms with Gasteiger partial charge in [-0.15, -0.1) is 0 Å². The number of nitrogens with zero attached hydrogens (tertiary/aromatic N) is 1. The Morgan fingerprint density at radius 1 is 1.35 bits per heavy atom. The van der Waals surface area contributed by atoms with Crippen molar-refractivity contribution in [2.75, 3.05) is 25.5 Å². The van der Waals surface area contributed by atoms with E-state index in [2.05, 4.69) is 20.9 Å². The predicted molar refractivity (Wildman–Crippen MR) is 103 cm³/mol. The van der Waals surface area contributed by atoms with Crippen LogP contribution in [0.25, 0.3) is 0 Å². The van der Waals surface area contributed by atoms with Crippen LogP contribution in [0.4, 0.5) is 5.69 Å². The first-order chi connectivity index (χ1) is 12.3. The van der Waals surface area contributed by atoms with Gasteiger partial charge in [-0.05, 0) is 62.0 Å². The van der Waals surface area contributed by atoms with E-state index in [1.165, 1.54) is 11.8 Å². The molecule has 2 aliphatic heterocycles. The molecule has 0 bridgehead atoms. The van der Waals surface area contributed by atoms with Crippen LogP contribution >= 0.6 is 0 Å². The summed E-state index contributed by atoms with van der Waals surface area (Å²) in [4.78, 5) is 4.10. The van der Waals surface area contributed by atoms with Gasteiger partial charge in [0.2, 0.25) is 0 Å². The molecule has 1 unspecified atom stereocenters. The fourth-order valence-corrected chi connectivity index (χ4v) is 3.85. The second kappa shape index (κ2) is 7.26. The molecule has 2 heterocycles. The minimum absolute atomic E-state index is 0.461. The molecule has 1 aromatic carbocycles. The number of primary sulfonamides is 1. The average molecular weight is 379 g/mol. The smallest absolute Gasteiger partial charge is 0.325 e. The average Bonchev–Trinajstić information content (AvgIpc) is 2.64. The van der Waals surface area contributed by atoms with Crippen LogP contribution in [-0.4, -0.2) is 40.0 Å². The Labute approximate surface area is 154 Å². The summed E-state index contributed by atoms with van der Waals surface area (Å²) in [6.45, 7) is 3.79. The lowest BCUT2D eigenvalue weighted by Crippen LogP contribution is -2.58. The molecule has 1 aromatic rings. The minimum Gasteiger partial charge on any atom is -0.495 e. The molecule has 3 rings (SSSR count). The first-order valence-corrected chi connectivity index (χ1v) is 10.1. The summed E-state index contributed by atoms with van der Waals surface area (Å²) < 4.78 is 29.9. The fraction of sp³-hybridized carbons (Fsp3) is 0.471. The summed E-state index contributed by atoms with van der Waals surface area (Å²) in [6.07, 6.45) is 5.14. The summed E-state index contributed by atoms with van der Waals surface area (Å²) in [5.41, 5.74) is 2.46. The summed E-state index contributed by atoms with van der Waals surface area (Å²) in [5, 5.41) is 12.6. The molecule has 142 valence electrons. The highest BCUT2D eigenvalue weighted by Crippen LogP contribution is 2.34. The van der Waals surface area contributed by atoms with Crippen LogP contribution in [0.1, 0.15) is 31.2 Å². The van der Waals surface area contributed by atoms with Crippen molar-refractivity contribution in [1.29, 1.82) is 0 Å². The Hall–Kier alpha value is -2.10. The van der Waals surface area contributed by atoms with Gasteiger partial charge in [-0.1, -0.05) is 6.07 Å². The summed E-state index contributed by atoms with van der Waals surface area (Å²) in [7, 11) is -2.54. The van der Waals surface area contributed by atoms with Gasteiger partial charge in [-0.2, -0.15) is 0 Å². The minimum atomic E-state index is -4.09. The van der Waals surface area contributed by atoms with Crippen molar-refractivity contribution in [1.82, 2.24) is 10.6 Å². The van der Waals surface area contributed by atoms with Gasteiger partial charge in [0.05, 0.1) is 12.8 Å². The van der Waals surface area contributed by atoms with Crippen LogP contribution in [0, 0.1) is 0 Å². The zero-order valence-electron chi connectivity index (χ0n) is 15.0. The first-order valence-electron chi connectivity index (χ1n) is 8.53. The van der Waals surface area contributed by atoms with E-state index in [0.29, 0.717) is 17.4 Å². The molecule has 0 amide bonds. The Morgan fingerprint density at radius 2 is 2.08 bits per heavy atom. The number of nitrogens with two attached hydrogens (primary N) is 1. The van der Waals surface area contributed by atoms with Crippen molar-refractivity contribution < 1.29 is 13.2 Å². The molecule has 0 radical (unpaired) electrons. The Balaban J connectivity index is 1.91. The molecule has 0 saturated carbocycles. The van der Waals surface area contributed by atoms with Crippen LogP contribution in [-0.2, 0) is 10.0 Å². The molecule has 0 spiro atoms. The standard InChI is InChI=1S/C17H25N5O3S/c1-12-10-20-17(21-11-12,26(18,23)24)22-15-4-3-14(9-16(15)25-2)13-5-7-19-8-6-13/h3-4,9-11,13,19-20,22H,5-8H2,1-2H3,(H2,18,23,24). The number of sulfonamides is 1. The molecule has 1 atom stereocenters. The zero-order chi connectivity index (χ0) is 18.8. The molecule has 1 fully saturated rings. The van der Waals surface area contributed by atoms with Crippen LogP contribution in [0.15, 0.2) is 35.0 Å². The first kappa shape index (κ1) is 18.7. The molecular weight excluding hydrogens is 354 g/mol. The second-order valence-corrected chi connectivity index (χ2v) is 8.27. The van der Waals surface area contributed by atoms with E-state index in [9.17, 15) is 8.42 Å². The second-order valence-electron chi connectivity index (χ2n) is 6.59. The normalized spacial score (nSPS) is 23.9. The lowest BCUT2D eigenvalue weighted by atomic mass is 9.90. The van der Waals surface area contributed by atoms with Crippen LogP contribution in [0.2, 0.25) is 0 Å². The number of benzene rings is 1. The molecule has 1 saturated heterocycles. The Bertz CT molecular complexity index is 831. The van der Waals surface area contributed by atoms with Crippen LogP contribution in [0.5, 0.6) is 5.75 Å². The van der Waals surface area contributed by atoms with Gasteiger partial charge in [0.25, 0.3) is 10.0 Å². The molecule has 8 nitrogen and oxygen atoms in total. The highest BCUT2D eigenvalue weighted by molar-refractivity contribution is 7.90. The topological polar surface area (TPSA) is 118 Å². The summed E-state index contributed by atoms with van der Waals surface area (Å²) in [5.74, 6) is 1.01. The maximum atomic E-state index is 12.2. The van der Waals surface area contributed by atoms with Gasteiger partial charge in [0.15, 0.2) is 0 Å². The molecule has 0 aromatic heterocycles. The predicted octanol–water partition coefficient (Wildman–Crippen LogP) is 1.05. The third kappa shape index (κ3) is 3.69. The van der Waals surface area contributed by atoms with E-state index in [-0.39, 0.29) is 0 Å². The molecule has 26 heavy (non-hydrogen) atoms. The van der Waals surface area contributed by atoms with E-state index < -0.39 is 15.1 Å². The molecule has 2 aliphatic rings. The number of piperidine rings is 1.